The molecule has 1 saturated heterocycles. The van der Waals surface area contributed by atoms with Crippen molar-refractivity contribution in [2.24, 2.45) is 29.6 Å². The summed E-state index contributed by atoms with van der Waals surface area (Å²) in [6.07, 6.45) is 11.8. The monoisotopic (exact) mass is 515 g/mol. The molecule has 7 nitrogen and oxygen atoms in total. The number of rotatable bonds is 10. The first kappa shape index (κ1) is 27.6. The molecule has 5 fully saturated rings. The number of piperidine rings is 1. The minimum atomic E-state index is 0. The van der Waals surface area contributed by atoms with Crippen LogP contribution >= 0.6 is 24.8 Å². The molecule has 0 unspecified atom stereocenters. The average molecular weight is 517 g/mol. The van der Waals surface area contributed by atoms with E-state index in [9.17, 15) is 4.79 Å². The molecule has 0 aromatic carbocycles. The Morgan fingerprint density at radius 1 is 1.12 bits per heavy atom. The van der Waals surface area contributed by atoms with E-state index in [4.69, 9.17) is 4.74 Å². The Balaban J connectivity index is 0.00000162. The summed E-state index contributed by atoms with van der Waals surface area (Å²) < 4.78 is 7.91. The Hall–Kier alpha value is -1.02. The fourth-order valence-electron chi connectivity index (χ4n) is 7.01. The summed E-state index contributed by atoms with van der Waals surface area (Å²) in [7, 11) is 0. The van der Waals surface area contributed by atoms with E-state index in [2.05, 4.69) is 28.0 Å². The van der Waals surface area contributed by atoms with Gasteiger partial charge in [-0.05, 0) is 101 Å². The topological polar surface area (TPSA) is 80.2 Å². The maximum Gasteiger partial charge on any atom is 0.258 e. The van der Waals surface area contributed by atoms with Crippen LogP contribution in [0.3, 0.4) is 0 Å². The van der Waals surface area contributed by atoms with Crippen LogP contribution in [0.15, 0.2) is 6.20 Å². The number of nitrogens with zero attached hydrogens (tertiary/aromatic N) is 2. The molecule has 9 heteroatoms. The molecule has 0 atom stereocenters. The molecule has 0 radical (unpaired) electrons. The quantitative estimate of drug-likeness (QED) is 0.414. The number of amides is 1. The molecule has 1 aliphatic heterocycles. The highest BCUT2D eigenvalue weighted by molar-refractivity contribution is 5.96. The van der Waals surface area contributed by atoms with E-state index in [-0.39, 0.29) is 30.7 Å². The second kappa shape index (κ2) is 12.8. The number of hydrogen-bond acceptors (Lipinski definition) is 5. The maximum absolute atomic E-state index is 13.3. The summed E-state index contributed by atoms with van der Waals surface area (Å²) in [6, 6.07) is 0.337. The van der Waals surface area contributed by atoms with Crippen molar-refractivity contribution in [3.05, 3.63) is 11.8 Å². The third-order valence-corrected chi connectivity index (χ3v) is 8.40. The summed E-state index contributed by atoms with van der Waals surface area (Å²) in [5, 5.41) is 15.0. The lowest BCUT2D eigenvalue weighted by molar-refractivity contribution is -0.0120. The Labute approximate surface area is 216 Å². The van der Waals surface area contributed by atoms with E-state index in [1.165, 1.54) is 44.9 Å². The Bertz CT molecular complexity index is 755. The highest BCUT2D eigenvalue weighted by atomic mass is 35.5. The van der Waals surface area contributed by atoms with Gasteiger partial charge in [-0.3, -0.25) is 4.79 Å². The fraction of sp³-hybridized carbons (Fsp3) is 0.840. The summed E-state index contributed by atoms with van der Waals surface area (Å²) in [6.45, 7) is 7.56. The minimum Gasteiger partial charge on any atom is -0.477 e. The van der Waals surface area contributed by atoms with E-state index in [1.807, 2.05) is 4.68 Å². The lowest BCUT2D eigenvalue weighted by Crippen LogP contribution is -2.55. The van der Waals surface area contributed by atoms with Gasteiger partial charge < -0.3 is 20.7 Å². The number of ether oxygens (including phenoxy) is 1. The number of carbonyl (C=O) groups excluding carboxylic acids is 1. The standard InChI is InChI=1S/C25H41N5O2.2ClH/c1-2-9-32-25-22(16-28-30(25)8-7-27-15-17-3-5-26-6-4-17)24(31)29-23-20-11-18-10-19(13-20)14-21(23)12-18;;/h16-21,23,26-27H,2-15H2,1H3,(H,29,31);2*1H. The third kappa shape index (κ3) is 6.21. The van der Waals surface area contributed by atoms with Crippen LogP contribution in [0.1, 0.15) is 68.6 Å². The van der Waals surface area contributed by atoms with Crippen LogP contribution in [-0.2, 0) is 6.54 Å². The second-order valence-electron chi connectivity index (χ2n) is 10.8. The van der Waals surface area contributed by atoms with E-state index in [0.717, 1.165) is 56.9 Å². The number of aromatic nitrogens is 2. The minimum absolute atomic E-state index is 0. The third-order valence-electron chi connectivity index (χ3n) is 8.40. The molecular weight excluding hydrogens is 473 g/mol. The van der Waals surface area contributed by atoms with Gasteiger partial charge in [-0.1, -0.05) is 6.92 Å². The normalized spacial score (nSPS) is 29.9. The summed E-state index contributed by atoms with van der Waals surface area (Å²) in [5.41, 5.74) is 0.602. The first-order chi connectivity index (χ1) is 15.7. The largest absolute Gasteiger partial charge is 0.477 e. The molecule has 194 valence electrons. The highest BCUT2D eigenvalue weighted by Crippen LogP contribution is 2.53. The van der Waals surface area contributed by atoms with Gasteiger partial charge in [0.05, 0.1) is 19.3 Å². The van der Waals surface area contributed by atoms with Crippen molar-refractivity contribution in [2.45, 2.75) is 70.9 Å². The molecular formula is C25H43Cl2N5O2. The molecule has 0 spiro atoms. The Morgan fingerprint density at radius 3 is 2.44 bits per heavy atom. The number of nitrogens with one attached hydrogen (secondary N) is 3. The van der Waals surface area contributed by atoms with E-state index >= 15 is 0 Å². The SMILES string of the molecule is CCCOc1c(C(=O)NC2C3CC4CC(C3)CC2C4)cnn1CCNCC1CCNCC1.Cl.Cl. The molecule has 4 bridgehead atoms. The van der Waals surface area contributed by atoms with Crippen LogP contribution in [0.5, 0.6) is 5.88 Å². The maximum atomic E-state index is 13.3. The lowest BCUT2D eigenvalue weighted by atomic mass is 9.54. The molecule has 4 aliphatic carbocycles. The van der Waals surface area contributed by atoms with Crippen molar-refractivity contribution >= 4 is 30.7 Å². The van der Waals surface area contributed by atoms with Gasteiger partial charge in [-0.25, -0.2) is 4.68 Å². The van der Waals surface area contributed by atoms with Crippen molar-refractivity contribution in [2.75, 3.05) is 32.8 Å². The molecule has 5 aliphatic rings. The zero-order chi connectivity index (χ0) is 21.9. The molecule has 1 aromatic heterocycles. The van der Waals surface area contributed by atoms with Gasteiger partial charge in [0.1, 0.15) is 5.56 Å². The van der Waals surface area contributed by atoms with E-state index in [0.29, 0.717) is 35.9 Å². The van der Waals surface area contributed by atoms with Crippen molar-refractivity contribution in [1.82, 2.24) is 25.7 Å². The van der Waals surface area contributed by atoms with Gasteiger partial charge in [-0.2, -0.15) is 5.10 Å². The first-order valence-corrected chi connectivity index (χ1v) is 13.1. The van der Waals surface area contributed by atoms with Crippen molar-refractivity contribution in [3.8, 4) is 5.88 Å². The summed E-state index contributed by atoms with van der Waals surface area (Å²) >= 11 is 0. The molecule has 34 heavy (non-hydrogen) atoms. The van der Waals surface area contributed by atoms with Crippen molar-refractivity contribution in [1.29, 1.82) is 0 Å². The lowest BCUT2D eigenvalue weighted by Gasteiger charge is -2.54. The van der Waals surface area contributed by atoms with Gasteiger partial charge in [0.2, 0.25) is 5.88 Å². The predicted octanol–water partition coefficient (Wildman–Crippen LogP) is 3.66. The number of carbonyl (C=O) groups is 1. The fourth-order valence-corrected chi connectivity index (χ4v) is 7.01. The predicted molar refractivity (Wildman–Crippen MR) is 139 cm³/mol. The molecule has 1 amide bonds. The zero-order valence-electron chi connectivity index (χ0n) is 20.5. The van der Waals surface area contributed by atoms with Gasteiger partial charge in [-0.15, -0.1) is 24.8 Å². The molecule has 1 aromatic rings. The van der Waals surface area contributed by atoms with E-state index in [1.54, 1.807) is 6.20 Å². The van der Waals surface area contributed by atoms with Gasteiger partial charge >= 0.3 is 0 Å². The smallest absolute Gasteiger partial charge is 0.258 e. The highest BCUT2D eigenvalue weighted by Gasteiger charge is 2.48. The summed E-state index contributed by atoms with van der Waals surface area (Å²) in [5.74, 6) is 4.56. The molecule has 2 heterocycles. The van der Waals surface area contributed by atoms with Crippen LogP contribution in [0.25, 0.3) is 0 Å². The Kier molecular flexibility index (Phi) is 10.4. The second-order valence-corrected chi connectivity index (χ2v) is 10.8. The van der Waals surface area contributed by atoms with Crippen LogP contribution in [0.2, 0.25) is 0 Å². The van der Waals surface area contributed by atoms with Crippen molar-refractivity contribution < 1.29 is 9.53 Å². The van der Waals surface area contributed by atoms with Gasteiger partial charge in [0.15, 0.2) is 0 Å². The number of halogens is 2. The summed E-state index contributed by atoms with van der Waals surface area (Å²) in [4.78, 5) is 13.3. The average Bonchev–Trinajstić information content (AvgIpc) is 3.20. The van der Waals surface area contributed by atoms with Crippen LogP contribution < -0.4 is 20.7 Å². The molecule has 4 saturated carbocycles. The molecule has 6 rings (SSSR count). The first-order valence-electron chi connectivity index (χ1n) is 13.1. The van der Waals surface area contributed by atoms with Crippen LogP contribution in [-0.4, -0.2) is 54.5 Å². The zero-order valence-corrected chi connectivity index (χ0v) is 22.1. The van der Waals surface area contributed by atoms with Crippen LogP contribution in [0, 0.1) is 29.6 Å². The number of hydrogen-bond donors (Lipinski definition) is 3. The Morgan fingerprint density at radius 2 is 1.79 bits per heavy atom. The molecule has 3 N–H and O–H groups in total. The van der Waals surface area contributed by atoms with Crippen LogP contribution in [0.4, 0.5) is 0 Å². The van der Waals surface area contributed by atoms with Gasteiger partial charge in [0, 0.05) is 12.6 Å². The van der Waals surface area contributed by atoms with Crippen molar-refractivity contribution in [3.63, 3.8) is 0 Å². The van der Waals surface area contributed by atoms with E-state index < -0.39 is 0 Å². The van der Waals surface area contributed by atoms with Gasteiger partial charge in [0.25, 0.3) is 5.91 Å².